The first-order valence-electron chi connectivity index (χ1n) is 6.21. The summed E-state index contributed by atoms with van der Waals surface area (Å²) in [5.74, 6) is 1.42. The molecule has 0 amide bonds. The molecule has 0 aliphatic carbocycles. The summed E-state index contributed by atoms with van der Waals surface area (Å²) in [5.41, 5.74) is 1.96. The molecule has 1 aromatic carbocycles. The van der Waals surface area contributed by atoms with Crippen LogP contribution in [0.3, 0.4) is 0 Å². The predicted octanol–water partition coefficient (Wildman–Crippen LogP) is 3.49. The first kappa shape index (κ1) is 12.7. The molecule has 0 spiro atoms. The van der Waals surface area contributed by atoms with Crippen LogP contribution < -0.4 is 4.90 Å². The van der Waals surface area contributed by atoms with E-state index in [0.717, 1.165) is 29.4 Å². The average Bonchev–Trinajstić information content (AvgIpc) is 2.58. The molecule has 0 saturated carbocycles. The van der Waals surface area contributed by atoms with Crippen molar-refractivity contribution < 1.29 is 5.11 Å². The second-order valence-corrected chi connectivity index (χ2v) is 5.65. The van der Waals surface area contributed by atoms with Crippen molar-refractivity contribution in [3.05, 3.63) is 28.8 Å². The number of hydrogen-bond donors (Lipinski definition) is 1. The number of halogens is 1. The van der Waals surface area contributed by atoms with E-state index < -0.39 is 6.10 Å². The van der Waals surface area contributed by atoms with E-state index in [4.69, 9.17) is 11.6 Å². The first-order chi connectivity index (χ1) is 7.99. The van der Waals surface area contributed by atoms with E-state index in [1.165, 1.54) is 0 Å². The molecule has 1 fully saturated rings. The molecule has 0 bridgehead atoms. The quantitative estimate of drug-likeness (QED) is 0.872. The highest BCUT2D eigenvalue weighted by molar-refractivity contribution is 6.33. The summed E-state index contributed by atoms with van der Waals surface area (Å²) in [7, 11) is 0. The minimum Gasteiger partial charge on any atom is -0.389 e. The predicted molar refractivity (Wildman–Crippen MR) is 72.6 cm³/mol. The van der Waals surface area contributed by atoms with Gasteiger partial charge in [-0.2, -0.15) is 0 Å². The lowest BCUT2D eigenvalue weighted by molar-refractivity contribution is 0.199. The highest BCUT2D eigenvalue weighted by atomic mass is 35.5. The summed E-state index contributed by atoms with van der Waals surface area (Å²) in [6.45, 7) is 8.45. The topological polar surface area (TPSA) is 23.5 Å². The fourth-order valence-corrected chi connectivity index (χ4v) is 2.67. The van der Waals surface area contributed by atoms with Crippen molar-refractivity contribution >= 4 is 17.3 Å². The Morgan fingerprint density at radius 3 is 2.35 bits per heavy atom. The number of anilines is 1. The van der Waals surface area contributed by atoms with Crippen LogP contribution in [-0.2, 0) is 0 Å². The molecule has 2 rings (SSSR count). The maximum Gasteiger partial charge on any atom is 0.0762 e. The summed E-state index contributed by atoms with van der Waals surface area (Å²) in [6, 6.07) is 5.85. The summed E-state index contributed by atoms with van der Waals surface area (Å²) in [5, 5.41) is 10.3. The van der Waals surface area contributed by atoms with Crippen molar-refractivity contribution in [2.45, 2.75) is 26.9 Å². The van der Waals surface area contributed by atoms with E-state index in [0.29, 0.717) is 11.8 Å². The van der Waals surface area contributed by atoms with E-state index in [2.05, 4.69) is 18.7 Å². The zero-order chi connectivity index (χ0) is 12.6. The van der Waals surface area contributed by atoms with Gasteiger partial charge in [0.05, 0.1) is 16.8 Å². The summed E-state index contributed by atoms with van der Waals surface area (Å²) in [4.78, 5) is 2.34. The van der Waals surface area contributed by atoms with Crippen LogP contribution in [0.25, 0.3) is 0 Å². The highest BCUT2D eigenvalue weighted by Crippen LogP contribution is 2.34. The van der Waals surface area contributed by atoms with Gasteiger partial charge < -0.3 is 10.0 Å². The van der Waals surface area contributed by atoms with Gasteiger partial charge in [-0.15, -0.1) is 0 Å². The normalized spacial score (nSPS) is 26.3. The van der Waals surface area contributed by atoms with Crippen LogP contribution in [0.5, 0.6) is 0 Å². The third-order valence-electron chi connectivity index (χ3n) is 3.78. The Kier molecular flexibility index (Phi) is 3.64. The zero-order valence-electron chi connectivity index (χ0n) is 10.7. The van der Waals surface area contributed by atoms with Crippen LogP contribution in [0.1, 0.15) is 32.4 Å². The molecule has 0 radical (unpaired) electrons. The number of hydrogen-bond acceptors (Lipinski definition) is 2. The Morgan fingerprint density at radius 2 is 1.88 bits per heavy atom. The van der Waals surface area contributed by atoms with Crippen LogP contribution in [0, 0.1) is 11.8 Å². The minimum atomic E-state index is -0.460. The molecular weight excluding hydrogens is 234 g/mol. The largest absolute Gasteiger partial charge is 0.389 e. The zero-order valence-corrected chi connectivity index (χ0v) is 11.4. The molecule has 1 N–H and O–H groups in total. The molecule has 0 aromatic heterocycles. The fourth-order valence-electron chi connectivity index (χ4n) is 2.37. The molecule has 2 nitrogen and oxygen atoms in total. The molecule has 1 heterocycles. The molecule has 94 valence electrons. The molecule has 3 unspecified atom stereocenters. The molecular formula is C14H20ClNO. The van der Waals surface area contributed by atoms with Crippen LogP contribution in [0.2, 0.25) is 5.02 Å². The number of benzene rings is 1. The van der Waals surface area contributed by atoms with E-state index >= 15 is 0 Å². The SMILES string of the molecule is CC(O)c1ccc(N2CC(C)C(C)C2)c(Cl)c1. The maximum absolute atomic E-state index is 9.52. The maximum atomic E-state index is 9.52. The van der Waals surface area contributed by atoms with Gasteiger partial charge in [0.2, 0.25) is 0 Å². The monoisotopic (exact) mass is 253 g/mol. The fraction of sp³-hybridized carbons (Fsp3) is 0.571. The number of aliphatic hydroxyl groups excluding tert-OH is 1. The molecule has 3 heteroatoms. The minimum absolute atomic E-state index is 0.460. The van der Waals surface area contributed by atoms with Crippen LogP contribution in [0.4, 0.5) is 5.69 Å². The third-order valence-corrected chi connectivity index (χ3v) is 4.09. The molecule has 1 aromatic rings. The molecule has 1 aliphatic heterocycles. The van der Waals surface area contributed by atoms with Gasteiger partial charge in [-0.1, -0.05) is 31.5 Å². The van der Waals surface area contributed by atoms with E-state index in [1.807, 2.05) is 18.2 Å². The van der Waals surface area contributed by atoms with Gasteiger partial charge in [0.15, 0.2) is 0 Å². The molecule has 17 heavy (non-hydrogen) atoms. The molecule has 1 aliphatic rings. The Bertz CT molecular complexity index is 395. The van der Waals surface area contributed by atoms with Gasteiger partial charge in [0.25, 0.3) is 0 Å². The molecule has 3 atom stereocenters. The smallest absolute Gasteiger partial charge is 0.0762 e. The van der Waals surface area contributed by atoms with Crippen molar-refractivity contribution in [3.8, 4) is 0 Å². The summed E-state index contributed by atoms with van der Waals surface area (Å²) in [6.07, 6.45) is -0.460. The second kappa shape index (κ2) is 4.87. The Hall–Kier alpha value is -0.730. The van der Waals surface area contributed by atoms with E-state index in [-0.39, 0.29) is 0 Å². The summed E-state index contributed by atoms with van der Waals surface area (Å²) >= 11 is 6.30. The Labute approximate surface area is 108 Å². The van der Waals surface area contributed by atoms with Gasteiger partial charge in [-0.25, -0.2) is 0 Å². The lowest BCUT2D eigenvalue weighted by atomic mass is 10.0. The van der Waals surface area contributed by atoms with Crippen molar-refractivity contribution in [2.24, 2.45) is 11.8 Å². The second-order valence-electron chi connectivity index (χ2n) is 5.25. The van der Waals surface area contributed by atoms with Crippen LogP contribution >= 0.6 is 11.6 Å². The van der Waals surface area contributed by atoms with E-state index in [1.54, 1.807) is 6.92 Å². The lowest BCUT2D eigenvalue weighted by Crippen LogP contribution is -2.19. The Morgan fingerprint density at radius 1 is 1.29 bits per heavy atom. The number of nitrogens with zero attached hydrogens (tertiary/aromatic N) is 1. The van der Waals surface area contributed by atoms with Crippen molar-refractivity contribution in [1.82, 2.24) is 0 Å². The van der Waals surface area contributed by atoms with Gasteiger partial charge >= 0.3 is 0 Å². The molecule has 1 saturated heterocycles. The third kappa shape index (κ3) is 2.58. The Balaban J connectivity index is 2.23. The van der Waals surface area contributed by atoms with Gasteiger partial charge in [-0.05, 0) is 36.5 Å². The lowest BCUT2D eigenvalue weighted by Gasteiger charge is -2.20. The average molecular weight is 254 g/mol. The van der Waals surface area contributed by atoms with Gasteiger partial charge in [0.1, 0.15) is 0 Å². The standard InChI is InChI=1S/C14H20ClNO/c1-9-7-16(8-10(9)2)14-5-4-12(11(3)17)6-13(14)15/h4-6,9-11,17H,7-8H2,1-3H3. The van der Waals surface area contributed by atoms with Gasteiger partial charge in [0, 0.05) is 13.1 Å². The number of aliphatic hydroxyl groups is 1. The van der Waals surface area contributed by atoms with Gasteiger partial charge in [-0.3, -0.25) is 0 Å². The van der Waals surface area contributed by atoms with Crippen LogP contribution in [-0.4, -0.2) is 18.2 Å². The summed E-state index contributed by atoms with van der Waals surface area (Å²) < 4.78 is 0. The number of rotatable bonds is 2. The van der Waals surface area contributed by atoms with Crippen LogP contribution in [0.15, 0.2) is 18.2 Å². The van der Waals surface area contributed by atoms with Crippen molar-refractivity contribution in [1.29, 1.82) is 0 Å². The van der Waals surface area contributed by atoms with Crippen molar-refractivity contribution in [3.63, 3.8) is 0 Å². The van der Waals surface area contributed by atoms with Crippen molar-refractivity contribution in [2.75, 3.05) is 18.0 Å². The highest BCUT2D eigenvalue weighted by Gasteiger charge is 2.27. The first-order valence-corrected chi connectivity index (χ1v) is 6.59. The van der Waals surface area contributed by atoms with E-state index in [9.17, 15) is 5.11 Å².